The summed E-state index contributed by atoms with van der Waals surface area (Å²) in [5, 5.41) is 0. The number of ether oxygens (including phenoxy) is 1. The van der Waals surface area contributed by atoms with E-state index < -0.39 is 6.36 Å². The van der Waals surface area contributed by atoms with Gasteiger partial charge in [0, 0.05) is 13.1 Å². The summed E-state index contributed by atoms with van der Waals surface area (Å²) in [7, 11) is 1.96. The Hall–Kier alpha value is -0.980. The van der Waals surface area contributed by atoms with E-state index in [-0.39, 0.29) is 23.6 Å². The van der Waals surface area contributed by atoms with Crippen LogP contribution in [0.1, 0.15) is 19.4 Å². The summed E-state index contributed by atoms with van der Waals surface area (Å²) in [5.74, 6) is -0.203. The van der Waals surface area contributed by atoms with Gasteiger partial charge in [-0.05, 0) is 36.7 Å². The molecule has 3 nitrogen and oxygen atoms in total. The Labute approximate surface area is 129 Å². The summed E-state index contributed by atoms with van der Waals surface area (Å²) in [5.41, 5.74) is 6.61. The van der Waals surface area contributed by atoms with Crippen LogP contribution in [-0.4, -0.2) is 31.4 Å². The van der Waals surface area contributed by atoms with Gasteiger partial charge in [-0.1, -0.05) is 26.0 Å². The highest BCUT2D eigenvalue weighted by atomic mass is 35.5. The molecular weight excluding hydrogens is 305 g/mol. The van der Waals surface area contributed by atoms with E-state index in [2.05, 4.69) is 23.5 Å². The van der Waals surface area contributed by atoms with E-state index >= 15 is 0 Å². The van der Waals surface area contributed by atoms with Crippen LogP contribution in [-0.2, 0) is 6.54 Å². The Morgan fingerprint density at radius 1 is 1.14 bits per heavy atom. The lowest BCUT2D eigenvalue weighted by Gasteiger charge is -2.29. The van der Waals surface area contributed by atoms with Gasteiger partial charge in [-0.3, -0.25) is 0 Å². The molecular formula is C14H22ClF3N2O. The molecule has 0 spiro atoms. The molecule has 1 aromatic rings. The lowest BCUT2D eigenvalue weighted by molar-refractivity contribution is -0.274. The topological polar surface area (TPSA) is 38.5 Å². The zero-order chi connectivity index (χ0) is 15.4. The van der Waals surface area contributed by atoms with E-state index in [1.165, 1.54) is 12.1 Å². The zero-order valence-corrected chi connectivity index (χ0v) is 13.2. The van der Waals surface area contributed by atoms with Crippen molar-refractivity contribution in [3.8, 4) is 5.75 Å². The van der Waals surface area contributed by atoms with Crippen LogP contribution in [0.2, 0.25) is 0 Å². The van der Waals surface area contributed by atoms with Crippen LogP contribution in [0.15, 0.2) is 24.3 Å². The molecule has 0 fully saturated rings. The fourth-order valence-corrected chi connectivity index (χ4v) is 1.96. The SMILES string of the molecule is CN(Cc1ccc(OC(F)(F)F)cc1)CC(C)(C)CN.Cl. The predicted octanol–water partition coefficient (Wildman–Crippen LogP) is 3.42. The van der Waals surface area contributed by atoms with Crippen LogP contribution in [0.5, 0.6) is 5.75 Å². The van der Waals surface area contributed by atoms with Gasteiger partial charge in [-0.15, -0.1) is 25.6 Å². The standard InChI is InChI=1S/C14H21F3N2O.ClH/c1-13(2,9-18)10-19(3)8-11-4-6-12(7-5-11)20-14(15,16)17;/h4-7H,8-10,18H2,1-3H3;1H. The molecule has 21 heavy (non-hydrogen) atoms. The van der Waals surface area contributed by atoms with E-state index in [9.17, 15) is 13.2 Å². The van der Waals surface area contributed by atoms with E-state index in [0.717, 1.165) is 12.1 Å². The number of alkyl halides is 3. The summed E-state index contributed by atoms with van der Waals surface area (Å²) in [4.78, 5) is 2.09. The molecule has 0 atom stereocenters. The van der Waals surface area contributed by atoms with Crippen LogP contribution in [0, 0.1) is 5.41 Å². The van der Waals surface area contributed by atoms with Gasteiger partial charge in [-0.25, -0.2) is 0 Å². The summed E-state index contributed by atoms with van der Waals surface area (Å²) >= 11 is 0. The van der Waals surface area contributed by atoms with Gasteiger partial charge in [0.25, 0.3) is 0 Å². The van der Waals surface area contributed by atoms with Crippen LogP contribution < -0.4 is 10.5 Å². The van der Waals surface area contributed by atoms with Crippen molar-refractivity contribution in [3.05, 3.63) is 29.8 Å². The van der Waals surface area contributed by atoms with Gasteiger partial charge in [-0.2, -0.15) is 0 Å². The maximum absolute atomic E-state index is 12.0. The number of nitrogens with zero attached hydrogens (tertiary/aromatic N) is 1. The average molecular weight is 327 g/mol. The second kappa shape index (κ2) is 7.87. The van der Waals surface area contributed by atoms with Crippen molar-refractivity contribution < 1.29 is 17.9 Å². The smallest absolute Gasteiger partial charge is 0.406 e. The fraction of sp³-hybridized carbons (Fsp3) is 0.571. The Morgan fingerprint density at radius 3 is 2.10 bits per heavy atom. The highest BCUT2D eigenvalue weighted by Gasteiger charge is 2.30. The summed E-state index contributed by atoms with van der Waals surface area (Å²) < 4.78 is 39.9. The first kappa shape index (κ1) is 20.0. The molecule has 0 bridgehead atoms. The second-order valence-electron chi connectivity index (χ2n) is 5.73. The maximum Gasteiger partial charge on any atom is 0.573 e. The minimum atomic E-state index is -4.65. The molecule has 1 rings (SSSR count). The van der Waals surface area contributed by atoms with Crippen molar-refractivity contribution in [3.63, 3.8) is 0 Å². The number of benzene rings is 1. The molecule has 7 heteroatoms. The van der Waals surface area contributed by atoms with Gasteiger partial charge in [0.1, 0.15) is 5.75 Å². The van der Waals surface area contributed by atoms with Crippen LogP contribution in [0.4, 0.5) is 13.2 Å². The third-order valence-corrected chi connectivity index (χ3v) is 2.86. The highest BCUT2D eigenvalue weighted by Crippen LogP contribution is 2.23. The van der Waals surface area contributed by atoms with Gasteiger partial charge >= 0.3 is 6.36 Å². The molecule has 0 amide bonds. The van der Waals surface area contributed by atoms with E-state index in [1.807, 2.05) is 7.05 Å². The van der Waals surface area contributed by atoms with Crippen molar-refractivity contribution >= 4 is 12.4 Å². The lowest BCUT2D eigenvalue weighted by Crippen LogP contribution is -2.36. The van der Waals surface area contributed by atoms with E-state index in [4.69, 9.17) is 5.73 Å². The van der Waals surface area contributed by atoms with Crippen molar-refractivity contribution in [2.24, 2.45) is 11.1 Å². The molecule has 0 unspecified atom stereocenters. The zero-order valence-electron chi connectivity index (χ0n) is 12.4. The Morgan fingerprint density at radius 2 is 1.67 bits per heavy atom. The van der Waals surface area contributed by atoms with Crippen LogP contribution in [0.3, 0.4) is 0 Å². The van der Waals surface area contributed by atoms with Gasteiger partial charge < -0.3 is 15.4 Å². The van der Waals surface area contributed by atoms with E-state index in [1.54, 1.807) is 12.1 Å². The molecule has 0 saturated carbocycles. The summed E-state index contributed by atoms with van der Waals surface area (Å²) in [6, 6.07) is 5.91. The van der Waals surface area contributed by atoms with Crippen molar-refractivity contribution in [1.82, 2.24) is 4.90 Å². The molecule has 0 aromatic heterocycles. The Bertz CT molecular complexity index is 421. The fourth-order valence-electron chi connectivity index (χ4n) is 1.96. The third kappa shape index (κ3) is 8.14. The summed E-state index contributed by atoms with van der Waals surface area (Å²) in [6.45, 7) is 6.18. The molecule has 2 N–H and O–H groups in total. The van der Waals surface area contributed by atoms with Crippen molar-refractivity contribution in [2.45, 2.75) is 26.8 Å². The number of halogens is 4. The first-order chi connectivity index (χ1) is 9.11. The maximum atomic E-state index is 12.0. The number of rotatable bonds is 6. The van der Waals surface area contributed by atoms with E-state index in [0.29, 0.717) is 13.1 Å². The van der Waals surface area contributed by atoms with Gasteiger partial charge in [0.05, 0.1) is 0 Å². The highest BCUT2D eigenvalue weighted by molar-refractivity contribution is 5.85. The van der Waals surface area contributed by atoms with Gasteiger partial charge in [0.15, 0.2) is 0 Å². The molecule has 0 aliphatic heterocycles. The number of hydrogen-bond acceptors (Lipinski definition) is 3. The van der Waals surface area contributed by atoms with Crippen molar-refractivity contribution in [1.29, 1.82) is 0 Å². The van der Waals surface area contributed by atoms with Gasteiger partial charge in [0.2, 0.25) is 0 Å². The lowest BCUT2D eigenvalue weighted by atomic mass is 9.93. The average Bonchev–Trinajstić information content (AvgIpc) is 2.29. The quantitative estimate of drug-likeness (QED) is 0.870. The Kier molecular flexibility index (Phi) is 7.50. The van der Waals surface area contributed by atoms with Crippen LogP contribution in [0.25, 0.3) is 0 Å². The number of hydrogen-bond donors (Lipinski definition) is 1. The Balaban J connectivity index is 0.00000400. The number of nitrogens with two attached hydrogens (primary N) is 1. The first-order valence-corrected chi connectivity index (χ1v) is 6.35. The normalized spacial score (nSPS) is 12.2. The minimum Gasteiger partial charge on any atom is -0.406 e. The monoisotopic (exact) mass is 326 g/mol. The predicted molar refractivity (Wildman–Crippen MR) is 79.5 cm³/mol. The van der Waals surface area contributed by atoms with Crippen LogP contribution >= 0.6 is 12.4 Å². The second-order valence-corrected chi connectivity index (χ2v) is 5.73. The molecule has 122 valence electrons. The molecule has 0 saturated heterocycles. The molecule has 0 aliphatic rings. The largest absolute Gasteiger partial charge is 0.573 e. The molecule has 0 heterocycles. The third-order valence-electron chi connectivity index (χ3n) is 2.86. The first-order valence-electron chi connectivity index (χ1n) is 6.35. The molecule has 0 radical (unpaired) electrons. The summed E-state index contributed by atoms with van der Waals surface area (Å²) in [6.07, 6.45) is -4.65. The molecule has 1 aromatic carbocycles. The minimum absolute atomic E-state index is 0. The molecule has 0 aliphatic carbocycles. The van der Waals surface area contributed by atoms with Crippen molar-refractivity contribution in [2.75, 3.05) is 20.1 Å².